The summed E-state index contributed by atoms with van der Waals surface area (Å²) in [4.78, 5) is 1.17. The lowest BCUT2D eigenvalue weighted by Crippen LogP contribution is -2.60. The van der Waals surface area contributed by atoms with Gasteiger partial charge >= 0.3 is 0 Å². The van der Waals surface area contributed by atoms with Crippen LogP contribution in [0.25, 0.3) is 0 Å². The van der Waals surface area contributed by atoms with Crippen molar-refractivity contribution in [2.45, 2.75) is 61.8 Å². The van der Waals surface area contributed by atoms with Gasteiger partial charge in [-0.15, -0.1) is 16.9 Å². The van der Waals surface area contributed by atoms with Crippen molar-refractivity contribution >= 4 is 11.8 Å². The van der Waals surface area contributed by atoms with Crippen molar-refractivity contribution in [2.24, 2.45) is 0 Å². The van der Waals surface area contributed by atoms with Crippen LogP contribution in [0.15, 0.2) is 29.2 Å². The van der Waals surface area contributed by atoms with Gasteiger partial charge in [0.1, 0.15) is 24.4 Å². The molecular weight excluding hydrogens is 396 g/mol. The molecule has 1 aliphatic rings. The topological polar surface area (TPSA) is 128 Å². The Labute approximate surface area is 173 Å². The number of rotatable bonds is 7. The fourth-order valence-corrected chi connectivity index (χ4v) is 3.74. The van der Waals surface area contributed by atoms with E-state index in [1.165, 1.54) is 4.90 Å². The third-order valence-corrected chi connectivity index (χ3v) is 5.80. The third kappa shape index (κ3) is 4.76. The van der Waals surface area contributed by atoms with Crippen LogP contribution >= 0.6 is 11.8 Å². The van der Waals surface area contributed by atoms with Gasteiger partial charge in [0.15, 0.2) is 0 Å². The van der Waals surface area contributed by atoms with Gasteiger partial charge in [0.05, 0.1) is 6.61 Å². The summed E-state index contributed by atoms with van der Waals surface area (Å²) < 4.78 is 11.2. The molecule has 3 rings (SSSR count). The molecule has 2 heterocycles. The smallest absolute Gasteiger partial charge is 0.238 e. The second kappa shape index (κ2) is 9.46. The van der Waals surface area contributed by atoms with Crippen molar-refractivity contribution in [1.29, 1.82) is 0 Å². The lowest BCUT2D eigenvalue weighted by atomic mass is 9.98. The van der Waals surface area contributed by atoms with Crippen molar-refractivity contribution in [3.8, 4) is 5.88 Å². The van der Waals surface area contributed by atoms with Crippen molar-refractivity contribution in [3.63, 3.8) is 0 Å². The molecule has 1 aromatic carbocycles. The van der Waals surface area contributed by atoms with Crippen LogP contribution in [0.1, 0.15) is 36.6 Å². The Hall–Kier alpha value is -1.62. The number of thioether (sulfide) groups is 1. The molecule has 5 atom stereocenters. The maximum Gasteiger partial charge on any atom is 0.238 e. The first-order chi connectivity index (χ1) is 13.8. The summed E-state index contributed by atoms with van der Waals surface area (Å²) >= 11 is 1.67. The van der Waals surface area contributed by atoms with Crippen LogP contribution in [-0.4, -0.2) is 74.2 Å². The molecule has 2 aromatic rings. The normalized spacial score (nSPS) is 27.4. The van der Waals surface area contributed by atoms with Crippen molar-refractivity contribution in [3.05, 3.63) is 41.1 Å². The molecular formula is C20H28N2O6S. The monoisotopic (exact) mass is 424 g/mol. The molecule has 29 heavy (non-hydrogen) atoms. The SMILES string of the molecule is CSc1ccc(Cc2c(O[C@@H]3O[C@H](CO)[C@@H](O)[C@H](O)[C@H]3O)n[nH]c2C(C)C)cc1. The number of hydrogen-bond acceptors (Lipinski definition) is 8. The highest BCUT2D eigenvalue weighted by Gasteiger charge is 2.45. The first-order valence-corrected chi connectivity index (χ1v) is 10.7. The van der Waals surface area contributed by atoms with Crippen LogP contribution < -0.4 is 4.74 Å². The largest absolute Gasteiger partial charge is 0.443 e. The van der Waals surface area contributed by atoms with Crippen LogP contribution in [0, 0.1) is 0 Å². The average Bonchev–Trinajstić information content (AvgIpc) is 3.11. The second-order valence-corrected chi connectivity index (χ2v) is 8.30. The highest BCUT2D eigenvalue weighted by atomic mass is 32.2. The Morgan fingerprint density at radius 3 is 2.41 bits per heavy atom. The van der Waals surface area contributed by atoms with E-state index in [1.807, 2.05) is 44.4 Å². The Kier molecular flexibility index (Phi) is 7.20. The van der Waals surface area contributed by atoms with E-state index in [-0.39, 0.29) is 11.8 Å². The number of aromatic amines is 1. The molecule has 1 fully saturated rings. The highest BCUT2D eigenvalue weighted by Crippen LogP contribution is 2.31. The minimum atomic E-state index is -1.50. The van der Waals surface area contributed by atoms with E-state index in [9.17, 15) is 20.4 Å². The summed E-state index contributed by atoms with van der Waals surface area (Å²) in [6.45, 7) is 3.55. The molecule has 8 nitrogen and oxygen atoms in total. The van der Waals surface area contributed by atoms with Crippen molar-refractivity contribution in [1.82, 2.24) is 10.2 Å². The van der Waals surface area contributed by atoms with Gasteiger partial charge in [0.2, 0.25) is 12.2 Å². The van der Waals surface area contributed by atoms with Gasteiger partial charge in [-0.2, -0.15) is 0 Å². The van der Waals surface area contributed by atoms with E-state index in [0.717, 1.165) is 16.8 Å². The molecule has 0 bridgehead atoms. The zero-order valence-electron chi connectivity index (χ0n) is 16.6. The molecule has 1 aromatic heterocycles. The molecule has 1 aliphatic heterocycles. The van der Waals surface area contributed by atoms with E-state index >= 15 is 0 Å². The standard InChI is InChI=1S/C20H28N2O6S/c1-10(2)15-13(8-11-4-6-12(29-3)7-5-11)19(22-21-15)28-20-18(26)17(25)16(24)14(9-23)27-20/h4-7,10,14,16-18,20,23-26H,8-9H2,1-3H3,(H,21,22)/t14-,16-,17+,18-,20+/m1/s1. The number of nitrogens with one attached hydrogen (secondary N) is 1. The molecule has 1 saturated heterocycles. The second-order valence-electron chi connectivity index (χ2n) is 7.42. The molecule has 9 heteroatoms. The van der Waals surface area contributed by atoms with Crippen LogP contribution in [0.4, 0.5) is 0 Å². The summed E-state index contributed by atoms with van der Waals surface area (Å²) in [5.41, 5.74) is 2.80. The maximum atomic E-state index is 10.3. The van der Waals surface area contributed by atoms with Crippen molar-refractivity contribution in [2.75, 3.05) is 12.9 Å². The minimum absolute atomic E-state index is 0.162. The lowest BCUT2D eigenvalue weighted by molar-refractivity contribution is -0.278. The Morgan fingerprint density at radius 1 is 1.14 bits per heavy atom. The first kappa shape index (κ1) is 22.1. The van der Waals surface area contributed by atoms with Crippen molar-refractivity contribution < 1.29 is 29.9 Å². The van der Waals surface area contributed by atoms with Gasteiger partial charge in [-0.3, -0.25) is 5.10 Å². The number of ether oxygens (including phenoxy) is 2. The zero-order valence-corrected chi connectivity index (χ0v) is 17.5. The summed E-state index contributed by atoms with van der Waals surface area (Å²) in [6.07, 6.45) is -4.15. The van der Waals surface area contributed by atoms with E-state index in [0.29, 0.717) is 6.42 Å². The van der Waals surface area contributed by atoms with Gasteiger partial charge in [-0.25, -0.2) is 0 Å². The molecule has 0 radical (unpaired) electrons. The number of aromatic nitrogens is 2. The van der Waals surface area contributed by atoms with E-state index in [4.69, 9.17) is 9.47 Å². The van der Waals surface area contributed by atoms with Gasteiger partial charge in [-0.05, 0) is 29.9 Å². The summed E-state index contributed by atoms with van der Waals surface area (Å²) in [6, 6.07) is 8.18. The van der Waals surface area contributed by atoms with E-state index in [1.54, 1.807) is 11.8 Å². The van der Waals surface area contributed by atoms with Crippen LogP contribution in [-0.2, 0) is 11.2 Å². The van der Waals surface area contributed by atoms with Crippen LogP contribution in [0.3, 0.4) is 0 Å². The van der Waals surface area contributed by atoms with Crippen LogP contribution in [0.2, 0.25) is 0 Å². The first-order valence-electron chi connectivity index (χ1n) is 9.53. The number of nitrogens with zero attached hydrogens (tertiary/aromatic N) is 1. The average molecular weight is 425 g/mol. The molecule has 0 aliphatic carbocycles. The predicted molar refractivity (Wildman–Crippen MR) is 108 cm³/mol. The predicted octanol–water partition coefficient (Wildman–Crippen LogP) is 1.02. The number of hydrogen-bond donors (Lipinski definition) is 5. The molecule has 0 spiro atoms. The van der Waals surface area contributed by atoms with Gasteiger partial charge in [-0.1, -0.05) is 26.0 Å². The lowest BCUT2D eigenvalue weighted by Gasteiger charge is -2.39. The Balaban J connectivity index is 1.85. The zero-order chi connectivity index (χ0) is 21.1. The molecule has 0 amide bonds. The minimum Gasteiger partial charge on any atom is -0.443 e. The molecule has 0 unspecified atom stereocenters. The number of H-pyrrole nitrogens is 1. The van der Waals surface area contributed by atoms with Crippen LogP contribution in [0.5, 0.6) is 5.88 Å². The van der Waals surface area contributed by atoms with Gasteiger partial charge in [0.25, 0.3) is 0 Å². The Bertz CT molecular complexity index is 795. The molecule has 5 N–H and O–H groups in total. The summed E-state index contributed by atoms with van der Waals surface area (Å²) in [7, 11) is 0. The summed E-state index contributed by atoms with van der Waals surface area (Å²) in [5, 5.41) is 46.8. The molecule has 0 saturated carbocycles. The summed E-state index contributed by atoms with van der Waals surface area (Å²) in [5.74, 6) is 0.419. The highest BCUT2D eigenvalue weighted by molar-refractivity contribution is 7.98. The van der Waals surface area contributed by atoms with Gasteiger partial charge in [0, 0.05) is 22.6 Å². The number of benzene rings is 1. The fraction of sp³-hybridized carbons (Fsp3) is 0.550. The quantitative estimate of drug-likeness (QED) is 0.417. The number of aliphatic hydroxyl groups excluding tert-OH is 4. The third-order valence-electron chi connectivity index (χ3n) is 5.05. The number of aliphatic hydroxyl groups is 4. The fourth-order valence-electron chi connectivity index (χ4n) is 3.33. The molecule has 160 valence electrons. The maximum absolute atomic E-state index is 10.3. The van der Waals surface area contributed by atoms with E-state index < -0.39 is 37.3 Å². The Morgan fingerprint density at radius 2 is 1.83 bits per heavy atom. The van der Waals surface area contributed by atoms with E-state index in [2.05, 4.69) is 10.2 Å². The van der Waals surface area contributed by atoms with Gasteiger partial charge < -0.3 is 29.9 Å².